The van der Waals surface area contributed by atoms with E-state index in [0.29, 0.717) is 5.69 Å². The zero-order valence-corrected chi connectivity index (χ0v) is 13.7. The number of carbonyl (C=O) groups excluding carboxylic acids is 1. The minimum Gasteiger partial charge on any atom is -0.320 e. The molecule has 0 aliphatic heterocycles. The molecule has 0 spiro atoms. The molecule has 6 heteroatoms. The highest BCUT2D eigenvalue weighted by atomic mass is 32.1. The lowest BCUT2D eigenvalue weighted by molar-refractivity contribution is 0.198. The maximum Gasteiger partial charge on any atom is 0.322 e. The van der Waals surface area contributed by atoms with Gasteiger partial charge in [0.05, 0.1) is 33.5 Å². The lowest BCUT2D eigenvalue weighted by Gasteiger charge is -2.30. The van der Waals surface area contributed by atoms with E-state index >= 15 is 0 Å². The average Bonchev–Trinajstić information content (AvgIpc) is 2.98. The van der Waals surface area contributed by atoms with Crippen molar-refractivity contribution in [2.24, 2.45) is 0 Å². The number of hydrogen-bond acceptors (Lipinski definition) is 4. The number of urea groups is 1. The van der Waals surface area contributed by atoms with Gasteiger partial charge in [-0.2, -0.15) is 0 Å². The number of rotatable bonds is 3. The molecular formula is C16H20N4OS. The fourth-order valence-electron chi connectivity index (χ4n) is 2.76. The minimum absolute atomic E-state index is 0.0997. The Labute approximate surface area is 134 Å². The van der Waals surface area contributed by atoms with Gasteiger partial charge in [0.25, 0.3) is 0 Å². The molecule has 0 saturated heterocycles. The Morgan fingerprint density at radius 1 is 1.55 bits per heavy atom. The molecule has 116 valence electrons. The summed E-state index contributed by atoms with van der Waals surface area (Å²) in [6, 6.07) is 3.67. The number of anilines is 1. The molecule has 1 atom stereocenters. The lowest BCUT2D eigenvalue weighted by atomic mass is 9.97. The van der Waals surface area contributed by atoms with Crippen molar-refractivity contribution in [3.63, 3.8) is 0 Å². The van der Waals surface area contributed by atoms with Crippen LogP contribution >= 0.6 is 11.3 Å². The van der Waals surface area contributed by atoms with Crippen molar-refractivity contribution in [2.75, 3.05) is 12.4 Å². The molecule has 2 aromatic heterocycles. The number of carbonyl (C=O) groups is 1. The Balaban J connectivity index is 1.76. The summed E-state index contributed by atoms with van der Waals surface area (Å²) in [5.41, 5.74) is 1.90. The second kappa shape index (κ2) is 6.44. The van der Waals surface area contributed by atoms with Gasteiger partial charge in [-0.3, -0.25) is 4.98 Å². The third-order valence-electron chi connectivity index (χ3n) is 3.97. The van der Waals surface area contributed by atoms with Crippen molar-refractivity contribution in [3.05, 3.63) is 40.1 Å². The second-order valence-corrected chi connectivity index (χ2v) is 6.58. The molecular weight excluding hydrogens is 296 g/mol. The smallest absolute Gasteiger partial charge is 0.320 e. The van der Waals surface area contributed by atoms with Crippen LogP contribution in [0.5, 0.6) is 0 Å². The van der Waals surface area contributed by atoms with E-state index < -0.39 is 0 Å². The predicted molar refractivity (Wildman–Crippen MR) is 88.2 cm³/mol. The topological polar surface area (TPSA) is 58.1 Å². The maximum atomic E-state index is 12.5. The molecule has 22 heavy (non-hydrogen) atoms. The number of pyridine rings is 1. The first-order valence-corrected chi connectivity index (χ1v) is 8.43. The van der Waals surface area contributed by atoms with E-state index in [9.17, 15) is 4.79 Å². The molecule has 1 aliphatic rings. The van der Waals surface area contributed by atoms with E-state index in [1.165, 1.54) is 10.6 Å². The molecule has 0 radical (unpaired) electrons. The van der Waals surface area contributed by atoms with Crippen molar-refractivity contribution in [1.82, 2.24) is 14.9 Å². The van der Waals surface area contributed by atoms with Crippen LogP contribution in [-0.4, -0.2) is 27.9 Å². The van der Waals surface area contributed by atoms with E-state index in [2.05, 4.69) is 17.2 Å². The third kappa shape index (κ3) is 2.97. The SMILES string of the molecule is CCc1nc2c(s1)C(N(C)C(=O)Nc1cccnc1)CCC2. The van der Waals surface area contributed by atoms with Gasteiger partial charge in [-0.25, -0.2) is 9.78 Å². The Morgan fingerprint density at radius 3 is 3.14 bits per heavy atom. The van der Waals surface area contributed by atoms with Crippen LogP contribution in [0.4, 0.5) is 10.5 Å². The van der Waals surface area contributed by atoms with Crippen LogP contribution in [0.2, 0.25) is 0 Å². The number of hydrogen-bond donors (Lipinski definition) is 1. The number of aryl methyl sites for hydroxylation is 2. The third-order valence-corrected chi connectivity index (χ3v) is 5.31. The van der Waals surface area contributed by atoms with Crippen molar-refractivity contribution in [1.29, 1.82) is 0 Å². The normalized spacial score (nSPS) is 16.9. The first-order valence-electron chi connectivity index (χ1n) is 7.61. The Hall–Kier alpha value is -1.95. The summed E-state index contributed by atoms with van der Waals surface area (Å²) >= 11 is 1.75. The molecule has 3 rings (SSSR count). The highest BCUT2D eigenvalue weighted by molar-refractivity contribution is 7.11. The van der Waals surface area contributed by atoms with Crippen molar-refractivity contribution >= 4 is 23.1 Å². The van der Waals surface area contributed by atoms with Crippen LogP contribution < -0.4 is 5.32 Å². The summed E-state index contributed by atoms with van der Waals surface area (Å²) in [6.45, 7) is 2.12. The van der Waals surface area contributed by atoms with Gasteiger partial charge in [0.15, 0.2) is 0 Å². The van der Waals surface area contributed by atoms with Gasteiger partial charge >= 0.3 is 6.03 Å². The highest BCUT2D eigenvalue weighted by Crippen LogP contribution is 2.37. The number of thiazole rings is 1. The number of fused-ring (bicyclic) bond motifs is 1. The summed E-state index contributed by atoms with van der Waals surface area (Å²) in [4.78, 5) is 24.2. The zero-order valence-electron chi connectivity index (χ0n) is 12.9. The van der Waals surface area contributed by atoms with Crippen molar-refractivity contribution < 1.29 is 4.79 Å². The van der Waals surface area contributed by atoms with E-state index in [1.807, 2.05) is 19.2 Å². The molecule has 5 nitrogen and oxygen atoms in total. The number of nitrogens with zero attached hydrogens (tertiary/aromatic N) is 3. The quantitative estimate of drug-likeness (QED) is 0.940. The first-order chi connectivity index (χ1) is 10.7. The number of nitrogens with one attached hydrogen (secondary N) is 1. The molecule has 1 aliphatic carbocycles. The summed E-state index contributed by atoms with van der Waals surface area (Å²) in [6.07, 6.45) is 7.40. The van der Waals surface area contributed by atoms with Gasteiger partial charge in [0.2, 0.25) is 0 Å². The summed E-state index contributed by atoms with van der Waals surface area (Å²) in [5.74, 6) is 0. The summed E-state index contributed by atoms with van der Waals surface area (Å²) < 4.78 is 0. The fraction of sp³-hybridized carbons (Fsp3) is 0.438. The molecule has 1 N–H and O–H groups in total. The Bertz CT molecular complexity index is 655. The number of aromatic nitrogens is 2. The molecule has 1 unspecified atom stereocenters. The standard InChI is InChI=1S/C16H20N4OS/c1-3-14-19-12-7-4-8-13(15(12)22-14)20(2)16(21)18-11-6-5-9-17-10-11/h5-6,9-10,13H,3-4,7-8H2,1-2H3,(H,18,21). The molecule has 0 aromatic carbocycles. The Kier molecular flexibility index (Phi) is 4.38. The van der Waals surface area contributed by atoms with E-state index in [1.54, 1.807) is 28.6 Å². The van der Waals surface area contributed by atoms with Gasteiger partial charge in [-0.15, -0.1) is 11.3 Å². The summed E-state index contributed by atoms with van der Waals surface area (Å²) in [7, 11) is 1.86. The monoisotopic (exact) mass is 316 g/mol. The first kappa shape index (κ1) is 15.0. The van der Waals surface area contributed by atoms with Crippen LogP contribution in [0, 0.1) is 0 Å². The van der Waals surface area contributed by atoms with Gasteiger partial charge in [0, 0.05) is 13.2 Å². The van der Waals surface area contributed by atoms with E-state index in [0.717, 1.165) is 30.7 Å². The average molecular weight is 316 g/mol. The highest BCUT2D eigenvalue weighted by Gasteiger charge is 2.29. The fourth-order valence-corrected chi connectivity index (χ4v) is 3.99. The van der Waals surface area contributed by atoms with Gasteiger partial charge < -0.3 is 10.2 Å². The van der Waals surface area contributed by atoms with E-state index in [-0.39, 0.29) is 12.1 Å². The van der Waals surface area contributed by atoms with Crippen LogP contribution in [0.1, 0.15) is 41.4 Å². The van der Waals surface area contributed by atoms with Gasteiger partial charge in [-0.05, 0) is 37.8 Å². The second-order valence-electron chi connectivity index (χ2n) is 5.46. The van der Waals surface area contributed by atoms with Crippen LogP contribution in [0.25, 0.3) is 0 Å². The molecule has 0 saturated carbocycles. The van der Waals surface area contributed by atoms with Crippen LogP contribution in [0.3, 0.4) is 0 Å². The largest absolute Gasteiger partial charge is 0.322 e. The molecule has 2 heterocycles. The molecule has 2 aromatic rings. The molecule has 2 amide bonds. The lowest BCUT2D eigenvalue weighted by Crippen LogP contribution is -2.36. The van der Waals surface area contributed by atoms with Crippen LogP contribution in [-0.2, 0) is 12.8 Å². The molecule has 0 bridgehead atoms. The van der Waals surface area contributed by atoms with Gasteiger partial charge in [-0.1, -0.05) is 6.92 Å². The minimum atomic E-state index is -0.0997. The molecule has 0 fully saturated rings. The van der Waals surface area contributed by atoms with E-state index in [4.69, 9.17) is 4.98 Å². The van der Waals surface area contributed by atoms with Gasteiger partial charge in [0.1, 0.15) is 0 Å². The maximum absolute atomic E-state index is 12.5. The Morgan fingerprint density at radius 2 is 2.41 bits per heavy atom. The summed E-state index contributed by atoms with van der Waals surface area (Å²) in [5, 5.41) is 4.06. The van der Waals surface area contributed by atoms with Crippen molar-refractivity contribution in [3.8, 4) is 0 Å². The zero-order chi connectivity index (χ0) is 15.5. The number of amides is 2. The predicted octanol–water partition coefficient (Wildman–Crippen LogP) is 3.64. The van der Waals surface area contributed by atoms with Crippen LogP contribution in [0.15, 0.2) is 24.5 Å². The van der Waals surface area contributed by atoms with Crippen molar-refractivity contribution in [2.45, 2.75) is 38.6 Å².